The molecule has 2 aliphatic rings. The van der Waals surface area contributed by atoms with Crippen molar-refractivity contribution in [2.24, 2.45) is 16.6 Å². The lowest BCUT2D eigenvalue weighted by molar-refractivity contribution is 0.0669. The number of pyridine rings is 1. The molecule has 1 aliphatic carbocycles. The minimum absolute atomic E-state index is 0. The molecule has 3 amide bonds. The second-order valence-corrected chi connectivity index (χ2v) is 8.15. The maximum atomic E-state index is 12.9. The summed E-state index contributed by atoms with van der Waals surface area (Å²) in [7, 11) is 0. The van der Waals surface area contributed by atoms with E-state index in [1.807, 2.05) is 0 Å². The van der Waals surface area contributed by atoms with E-state index >= 15 is 0 Å². The van der Waals surface area contributed by atoms with Crippen LogP contribution in [0, 0.1) is 11.3 Å². The van der Waals surface area contributed by atoms with Crippen molar-refractivity contribution in [1.29, 1.82) is 5.41 Å². The van der Waals surface area contributed by atoms with Crippen LogP contribution in [0.25, 0.3) is 0 Å². The maximum absolute atomic E-state index is 12.9. The molecule has 0 aromatic carbocycles. The summed E-state index contributed by atoms with van der Waals surface area (Å²) < 4.78 is 5.82. The second kappa shape index (κ2) is 12.0. The number of nitrogens with two attached hydrogens (primary N) is 1. The third kappa shape index (κ3) is 6.90. The summed E-state index contributed by atoms with van der Waals surface area (Å²) in [5.41, 5.74) is 6.17. The lowest BCUT2D eigenvalue weighted by Gasteiger charge is -2.33. The number of nitrogens with one attached hydrogen (secondary N) is 1. The van der Waals surface area contributed by atoms with Crippen LogP contribution < -0.4 is 10.5 Å². The van der Waals surface area contributed by atoms with Gasteiger partial charge in [-0.3, -0.25) is 4.79 Å². The van der Waals surface area contributed by atoms with E-state index in [0.717, 1.165) is 18.6 Å². The van der Waals surface area contributed by atoms with Crippen LogP contribution in [-0.2, 0) is 0 Å². The first kappa shape index (κ1) is 23.4. The number of ether oxygens (including phenoxy) is 1. The molecule has 1 aliphatic heterocycles. The molecular formula is C23H34N6O3. The Bertz CT molecular complexity index is 862. The summed E-state index contributed by atoms with van der Waals surface area (Å²) in [5.74, 6) is 1.15. The topological polar surface area (TPSA) is 125 Å². The molecule has 0 atom stereocenters. The Hall–Kier alpha value is -3.23. The zero-order valence-electron chi connectivity index (χ0n) is 18.4. The van der Waals surface area contributed by atoms with E-state index in [1.54, 1.807) is 28.1 Å². The van der Waals surface area contributed by atoms with Crippen LogP contribution >= 0.6 is 0 Å². The smallest absolute Gasteiger partial charge is 0.345 e. The molecule has 1 saturated carbocycles. The first-order valence-electron chi connectivity index (χ1n) is 11.2. The Kier molecular flexibility index (Phi) is 8.77. The Balaban J connectivity index is 0.00000385. The summed E-state index contributed by atoms with van der Waals surface area (Å²) in [6.45, 7) is 2.21. The first-order chi connectivity index (χ1) is 15.6. The number of piperazine rings is 1. The quantitative estimate of drug-likeness (QED) is 0.496. The fourth-order valence-corrected chi connectivity index (χ4v) is 4.08. The number of hydrogen-bond donors (Lipinski definition) is 2. The van der Waals surface area contributed by atoms with Crippen molar-refractivity contribution in [3.05, 3.63) is 36.0 Å². The number of amides is 3. The highest BCUT2D eigenvalue weighted by molar-refractivity contribution is 6.01. The molecule has 0 bridgehead atoms. The highest BCUT2D eigenvalue weighted by Crippen LogP contribution is 2.26. The number of carbonyl (C=O) groups excluding carboxylic acids is 2. The summed E-state index contributed by atoms with van der Waals surface area (Å²) in [4.78, 5) is 36.4. The normalized spacial score (nSPS) is 18.1. The predicted molar refractivity (Wildman–Crippen MR) is 125 cm³/mol. The number of rotatable bonds is 7. The SMILES string of the molecule is N=C/C=C\C(N)=N\C(=O)N1CCN(C(=O)c2ccnc(OCCC3CCCCC3)c2)CC1.[HH]. The van der Waals surface area contributed by atoms with Gasteiger partial charge in [0, 0.05) is 51.6 Å². The third-order valence-electron chi connectivity index (χ3n) is 5.91. The van der Waals surface area contributed by atoms with Gasteiger partial charge in [0.2, 0.25) is 5.88 Å². The lowest BCUT2D eigenvalue weighted by atomic mass is 9.87. The van der Waals surface area contributed by atoms with Gasteiger partial charge >= 0.3 is 6.03 Å². The van der Waals surface area contributed by atoms with Crippen molar-refractivity contribution in [3.63, 3.8) is 0 Å². The molecular weight excluding hydrogens is 408 g/mol. The van der Waals surface area contributed by atoms with Crippen LogP contribution in [0.5, 0.6) is 5.88 Å². The molecule has 174 valence electrons. The van der Waals surface area contributed by atoms with Gasteiger partial charge in [-0.1, -0.05) is 32.1 Å². The predicted octanol–water partition coefficient (Wildman–Crippen LogP) is 3.12. The van der Waals surface area contributed by atoms with Crippen molar-refractivity contribution < 1.29 is 15.8 Å². The van der Waals surface area contributed by atoms with Crippen molar-refractivity contribution in [2.45, 2.75) is 38.5 Å². The minimum atomic E-state index is -0.443. The summed E-state index contributed by atoms with van der Waals surface area (Å²) in [6, 6.07) is 2.94. The Labute approximate surface area is 190 Å². The molecule has 9 heteroatoms. The molecule has 0 radical (unpaired) electrons. The molecule has 3 rings (SSSR count). The number of hydrogen-bond acceptors (Lipinski definition) is 5. The Morgan fingerprint density at radius 3 is 2.66 bits per heavy atom. The number of aliphatic imine (C=N–C) groups is 1. The van der Waals surface area contributed by atoms with E-state index in [-0.39, 0.29) is 13.2 Å². The van der Waals surface area contributed by atoms with Gasteiger partial charge in [-0.05, 0) is 30.6 Å². The fraction of sp³-hybridized carbons (Fsp3) is 0.522. The summed E-state index contributed by atoms with van der Waals surface area (Å²) in [5, 5.41) is 6.93. The van der Waals surface area contributed by atoms with Gasteiger partial charge in [0.1, 0.15) is 5.84 Å². The van der Waals surface area contributed by atoms with Crippen LogP contribution in [0.2, 0.25) is 0 Å². The average Bonchev–Trinajstić information content (AvgIpc) is 2.83. The average molecular weight is 443 g/mol. The van der Waals surface area contributed by atoms with Gasteiger partial charge in [-0.25, -0.2) is 9.78 Å². The van der Waals surface area contributed by atoms with E-state index < -0.39 is 6.03 Å². The van der Waals surface area contributed by atoms with E-state index in [0.29, 0.717) is 44.2 Å². The van der Waals surface area contributed by atoms with E-state index in [4.69, 9.17) is 15.9 Å². The van der Waals surface area contributed by atoms with Gasteiger partial charge in [0.25, 0.3) is 5.91 Å². The molecule has 0 spiro atoms. The van der Waals surface area contributed by atoms with Crippen LogP contribution in [0.1, 0.15) is 50.3 Å². The molecule has 1 aromatic heterocycles. The Morgan fingerprint density at radius 2 is 1.94 bits per heavy atom. The number of nitrogens with zero attached hydrogens (tertiary/aromatic N) is 4. The molecule has 32 heavy (non-hydrogen) atoms. The van der Waals surface area contributed by atoms with Crippen LogP contribution in [0.3, 0.4) is 0 Å². The van der Waals surface area contributed by atoms with Crippen molar-refractivity contribution in [1.82, 2.24) is 14.8 Å². The zero-order valence-corrected chi connectivity index (χ0v) is 18.4. The number of urea groups is 1. The van der Waals surface area contributed by atoms with E-state index in [1.165, 1.54) is 44.3 Å². The molecule has 2 heterocycles. The summed E-state index contributed by atoms with van der Waals surface area (Å²) >= 11 is 0. The van der Waals surface area contributed by atoms with Crippen molar-refractivity contribution in [2.75, 3.05) is 32.8 Å². The highest BCUT2D eigenvalue weighted by atomic mass is 16.5. The molecule has 1 saturated heterocycles. The van der Waals surface area contributed by atoms with Crippen molar-refractivity contribution >= 4 is 24.0 Å². The molecule has 9 nitrogen and oxygen atoms in total. The van der Waals surface area contributed by atoms with Crippen LogP contribution in [-0.4, -0.2) is 71.6 Å². The van der Waals surface area contributed by atoms with Gasteiger partial charge < -0.3 is 25.7 Å². The molecule has 2 fully saturated rings. The highest BCUT2D eigenvalue weighted by Gasteiger charge is 2.25. The lowest BCUT2D eigenvalue weighted by Crippen LogP contribution is -2.50. The number of amidine groups is 1. The maximum Gasteiger partial charge on any atom is 0.345 e. The Morgan fingerprint density at radius 1 is 1.22 bits per heavy atom. The summed E-state index contributed by atoms with van der Waals surface area (Å²) in [6.07, 6.45) is 13.0. The molecule has 0 unspecified atom stereocenters. The first-order valence-corrected chi connectivity index (χ1v) is 11.2. The number of aromatic nitrogens is 1. The zero-order chi connectivity index (χ0) is 22.8. The number of carbonyl (C=O) groups is 2. The monoisotopic (exact) mass is 442 g/mol. The van der Waals surface area contributed by atoms with Crippen LogP contribution in [0.15, 0.2) is 35.5 Å². The van der Waals surface area contributed by atoms with E-state index in [9.17, 15) is 9.59 Å². The third-order valence-corrected chi connectivity index (χ3v) is 5.91. The molecule has 1 aromatic rings. The molecule has 3 N–H and O–H groups in total. The minimum Gasteiger partial charge on any atom is -0.478 e. The van der Waals surface area contributed by atoms with E-state index in [2.05, 4.69) is 9.98 Å². The second-order valence-electron chi connectivity index (χ2n) is 8.15. The number of allylic oxidation sites excluding steroid dienone is 1. The van der Waals surface area contributed by atoms with Crippen LogP contribution in [0.4, 0.5) is 4.79 Å². The van der Waals surface area contributed by atoms with Gasteiger partial charge in [0.15, 0.2) is 0 Å². The van der Waals surface area contributed by atoms with Gasteiger partial charge in [0.05, 0.1) is 6.61 Å². The standard InChI is InChI=1S/C23H32N6O3.H2/c24-10-4-7-20(25)27-23(31)29-14-12-28(13-15-29)22(30)19-8-11-26-21(17-19)32-16-9-18-5-2-1-3-6-18;/h4,7-8,10-11,17-18,24H,1-3,5-6,9,12-16H2,(H2,25,27,31);1H/b7-4-,24-10?;. The fourth-order valence-electron chi connectivity index (χ4n) is 4.08. The van der Waals surface area contributed by atoms with Gasteiger partial charge in [-0.15, -0.1) is 0 Å². The van der Waals surface area contributed by atoms with Crippen molar-refractivity contribution in [3.8, 4) is 5.88 Å². The van der Waals surface area contributed by atoms with Gasteiger partial charge in [-0.2, -0.15) is 4.99 Å². The largest absolute Gasteiger partial charge is 0.478 e.